The van der Waals surface area contributed by atoms with Crippen LogP contribution in [0.2, 0.25) is 0 Å². The van der Waals surface area contributed by atoms with Crippen LogP contribution in [-0.4, -0.2) is 34.1 Å². The Morgan fingerprint density at radius 1 is 1.18 bits per heavy atom. The number of carboxylic acid groups (broad SMARTS) is 2. The molecule has 0 saturated carbocycles. The molecule has 0 aromatic heterocycles. The van der Waals surface area contributed by atoms with Gasteiger partial charge in [0.05, 0.1) is 18.4 Å². The molecule has 6 nitrogen and oxygen atoms in total. The third-order valence-corrected chi connectivity index (χ3v) is 2.63. The van der Waals surface area contributed by atoms with Gasteiger partial charge >= 0.3 is 18.1 Å². The van der Waals surface area contributed by atoms with Crippen molar-refractivity contribution in [2.24, 2.45) is 0 Å². The lowest BCUT2D eigenvalue weighted by molar-refractivity contribution is -0.147. The fraction of sp³-hybridized carbons (Fsp3) is 0.308. The maximum absolute atomic E-state index is 12.5. The molecule has 0 aliphatic rings. The van der Waals surface area contributed by atoms with Crippen molar-refractivity contribution in [2.75, 3.05) is 0 Å². The molecule has 22 heavy (non-hydrogen) atoms. The van der Waals surface area contributed by atoms with Crippen LogP contribution in [0.25, 0.3) is 0 Å². The minimum atomic E-state index is -4.56. The van der Waals surface area contributed by atoms with E-state index in [4.69, 9.17) is 10.2 Å². The molecule has 0 heterocycles. The van der Waals surface area contributed by atoms with E-state index in [1.165, 1.54) is 6.07 Å². The van der Waals surface area contributed by atoms with Gasteiger partial charge in [0.1, 0.15) is 6.04 Å². The average molecular weight is 319 g/mol. The van der Waals surface area contributed by atoms with Gasteiger partial charge in [-0.25, -0.2) is 4.79 Å². The zero-order chi connectivity index (χ0) is 16.9. The van der Waals surface area contributed by atoms with Gasteiger partial charge in [0, 0.05) is 0 Å². The van der Waals surface area contributed by atoms with Crippen LogP contribution in [0.3, 0.4) is 0 Å². The van der Waals surface area contributed by atoms with E-state index in [0.29, 0.717) is 0 Å². The average Bonchev–Trinajstić information content (AvgIpc) is 2.36. The first-order chi connectivity index (χ1) is 10.1. The molecule has 0 aliphatic heterocycles. The number of carboxylic acids is 2. The van der Waals surface area contributed by atoms with Crippen molar-refractivity contribution >= 4 is 17.8 Å². The molecule has 1 aromatic carbocycles. The molecule has 1 aromatic rings. The van der Waals surface area contributed by atoms with Crippen LogP contribution >= 0.6 is 0 Å². The Labute approximate surface area is 122 Å². The van der Waals surface area contributed by atoms with E-state index < -0.39 is 48.5 Å². The predicted molar refractivity (Wildman–Crippen MR) is 67.0 cm³/mol. The number of benzene rings is 1. The highest BCUT2D eigenvalue weighted by Gasteiger charge is 2.30. The van der Waals surface area contributed by atoms with Gasteiger partial charge in [-0.1, -0.05) is 18.2 Å². The Balaban J connectivity index is 2.76. The topological polar surface area (TPSA) is 104 Å². The molecule has 0 bridgehead atoms. The van der Waals surface area contributed by atoms with Gasteiger partial charge in [0.25, 0.3) is 0 Å². The van der Waals surface area contributed by atoms with Crippen LogP contribution in [0.4, 0.5) is 13.2 Å². The lowest BCUT2D eigenvalue weighted by Crippen LogP contribution is -2.42. The molecule has 1 rings (SSSR count). The van der Waals surface area contributed by atoms with Gasteiger partial charge in [-0.15, -0.1) is 0 Å². The fourth-order valence-corrected chi connectivity index (χ4v) is 1.66. The third kappa shape index (κ3) is 5.43. The van der Waals surface area contributed by atoms with E-state index in [1.54, 1.807) is 0 Å². The molecule has 0 fully saturated rings. The molecule has 0 radical (unpaired) electrons. The molecule has 0 unspecified atom stereocenters. The number of carbonyl (C=O) groups is 3. The number of alkyl halides is 3. The zero-order valence-electron chi connectivity index (χ0n) is 11.1. The summed E-state index contributed by atoms with van der Waals surface area (Å²) in [5.74, 6) is -3.85. The summed E-state index contributed by atoms with van der Waals surface area (Å²) < 4.78 is 37.6. The van der Waals surface area contributed by atoms with Gasteiger partial charge < -0.3 is 15.5 Å². The summed E-state index contributed by atoms with van der Waals surface area (Å²) in [6.45, 7) is 0. The normalized spacial score (nSPS) is 12.5. The smallest absolute Gasteiger partial charge is 0.416 e. The minimum absolute atomic E-state index is 0.0341. The van der Waals surface area contributed by atoms with E-state index in [-0.39, 0.29) is 5.56 Å². The molecule has 0 aliphatic carbocycles. The molecule has 120 valence electrons. The van der Waals surface area contributed by atoms with Crippen LogP contribution in [0.5, 0.6) is 0 Å². The molecular formula is C13H12F3NO5. The maximum atomic E-state index is 12.5. The molecule has 0 spiro atoms. The quantitative estimate of drug-likeness (QED) is 0.733. The first kappa shape index (κ1) is 17.5. The number of amides is 1. The molecular weight excluding hydrogens is 307 g/mol. The number of carbonyl (C=O) groups excluding carboxylic acids is 1. The van der Waals surface area contributed by atoms with Crippen molar-refractivity contribution in [1.29, 1.82) is 0 Å². The number of nitrogens with one attached hydrogen (secondary N) is 1. The fourth-order valence-electron chi connectivity index (χ4n) is 1.66. The second-order valence-corrected chi connectivity index (χ2v) is 4.43. The third-order valence-electron chi connectivity index (χ3n) is 2.63. The van der Waals surface area contributed by atoms with Crippen molar-refractivity contribution in [2.45, 2.75) is 25.1 Å². The molecule has 9 heteroatoms. The van der Waals surface area contributed by atoms with Crippen molar-refractivity contribution in [1.82, 2.24) is 5.32 Å². The number of hydrogen-bond donors (Lipinski definition) is 3. The summed E-state index contributed by atoms with van der Waals surface area (Å²) >= 11 is 0. The highest BCUT2D eigenvalue weighted by Crippen LogP contribution is 2.29. The lowest BCUT2D eigenvalue weighted by Gasteiger charge is -2.13. The summed E-state index contributed by atoms with van der Waals surface area (Å²) in [6.07, 6.45) is -5.88. The Bertz CT molecular complexity index is 585. The van der Waals surface area contributed by atoms with E-state index >= 15 is 0 Å². The van der Waals surface area contributed by atoms with Gasteiger partial charge in [0.2, 0.25) is 5.91 Å². The first-order valence-electron chi connectivity index (χ1n) is 5.99. The standard InChI is InChI=1S/C13H12F3NO5/c14-13(15,16)8-3-1-2-7(4-8)5-10(18)17-9(12(21)22)6-11(19)20/h1-4,9H,5-6H2,(H,17,18)(H,19,20)(H,21,22)/t9-/m0/s1. The number of aliphatic carboxylic acids is 2. The number of rotatable bonds is 6. The number of halogens is 3. The summed E-state index contributed by atoms with van der Waals surface area (Å²) in [5.41, 5.74) is -0.898. The van der Waals surface area contributed by atoms with Crippen molar-refractivity contribution < 1.29 is 37.8 Å². The van der Waals surface area contributed by atoms with Crippen LogP contribution in [0, 0.1) is 0 Å². The van der Waals surface area contributed by atoms with E-state index in [9.17, 15) is 27.6 Å². The Hall–Kier alpha value is -2.58. The largest absolute Gasteiger partial charge is 0.481 e. The Morgan fingerprint density at radius 2 is 1.82 bits per heavy atom. The van der Waals surface area contributed by atoms with Crippen molar-refractivity contribution in [3.63, 3.8) is 0 Å². The highest BCUT2D eigenvalue weighted by molar-refractivity contribution is 5.87. The SMILES string of the molecule is O=C(O)C[C@H](NC(=O)Cc1cccc(C(F)(F)F)c1)C(=O)O. The van der Waals surface area contributed by atoms with E-state index in [0.717, 1.165) is 18.2 Å². The van der Waals surface area contributed by atoms with Gasteiger partial charge in [-0.2, -0.15) is 13.2 Å². The maximum Gasteiger partial charge on any atom is 0.416 e. The van der Waals surface area contributed by atoms with Gasteiger partial charge in [-0.05, 0) is 11.6 Å². The summed E-state index contributed by atoms with van der Waals surface area (Å²) in [5, 5.41) is 19.2. The second kappa shape index (κ2) is 6.92. The van der Waals surface area contributed by atoms with Crippen LogP contribution in [-0.2, 0) is 27.0 Å². The van der Waals surface area contributed by atoms with Crippen LogP contribution < -0.4 is 5.32 Å². The summed E-state index contributed by atoms with van der Waals surface area (Å²) in [6, 6.07) is 2.37. The van der Waals surface area contributed by atoms with Crippen LogP contribution in [0.1, 0.15) is 17.5 Å². The summed E-state index contributed by atoms with van der Waals surface area (Å²) in [4.78, 5) is 32.9. The monoisotopic (exact) mass is 319 g/mol. The minimum Gasteiger partial charge on any atom is -0.481 e. The van der Waals surface area contributed by atoms with Crippen molar-refractivity contribution in [3.05, 3.63) is 35.4 Å². The summed E-state index contributed by atoms with van der Waals surface area (Å²) in [7, 11) is 0. The van der Waals surface area contributed by atoms with Gasteiger partial charge in [0.15, 0.2) is 0 Å². The van der Waals surface area contributed by atoms with E-state index in [1.807, 2.05) is 5.32 Å². The number of hydrogen-bond acceptors (Lipinski definition) is 3. The molecule has 0 saturated heterocycles. The Morgan fingerprint density at radius 3 is 2.32 bits per heavy atom. The highest BCUT2D eigenvalue weighted by atomic mass is 19.4. The first-order valence-corrected chi connectivity index (χ1v) is 5.99. The van der Waals surface area contributed by atoms with Gasteiger partial charge in [-0.3, -0.25) is 9.59 Å². The Kier molecular flexibility index (Phi) is 5.50. The molecule has 3 N–H and O–H groups in total. The lowest BCUT2D eigenvalue weighted by atomic mass is 10.1. The predicted octanol–water partition coefficient (Wildman–Crippen LogP) is 1.29. The van der Waals surface area contributed by atoms with Crippen LogP contribution in [0.15, 0.2) is 24.3 Å². The molecule has 1 atom stereocenters. The van der Waals surface area contributed by atoms with E-state index in [2.05, 4.69) is 0 Å². The molecule has 1 amide bonds. The second-order valence-electron chi connectivity index (χ2n) is 4.43. The van der Waals surface area contributed by atoms with Crippen molar-refractivity contribution in [3.8, 4) is 0 Å². The zero-order valence-corrected chi connectivity index (χ0v) is 11.1.